The normalized spacial score (nSPS) is 12.5. The van der Waals surface area contributed by atoms with Crippen molar-refractivity contribution in [3.05, 3.63) is 58.1 Å². The molecule has 1 aromatic heterocycles. The summed E-state index contributed by atoms with van der Waals surface area (Å²) in [6.07, 6.45) is 3.83. The van der Waals surface area contributed by atoms with Gasteiger partial charge in [-0.1, -0.05) is 0 Å². The number of carbonyl (C=O) groups is 2. The lowest BCUT2D eigenvalue weighted by Gasteiger charge is -2.23. The van der Waals surface area contributed by atoms with Crippen molar-refractivity contribution >= 4 is 22.9 Å². The van der Waals surface area contributed by atoms with Gasteiger partial charge in [0.05, 0.1) is 16.7 Å². The fourth-order valence-corrected chi connectivity index (χ4v) is 3.15. The average Bonchev–Trinajstić information content (AvgIpc) is 2.67. The van der Waals surface area contributed by atoms with Gasteiger partial charge in [-0.15, -0.1) is 0 Å². The van der Waals surface area contributed by atoms with Crippen molar-refractivity contribution in [2.24, 2.45) is 11.5 Å². The summed E-state index contributed by atoms with van der Waals surface area (Å²) in [5.74, 6) is -0.625. The van der Waals surface area contributed by atoms with Crippen LogP contribution in [0, 0.1) is 5.21 Å². The first kappa shape index (κ1) is 18.8. The van der Waals surface area contributed by atoms with E-state index in [0.29, 0.717) is 47.8 Å². The molecule has 0 bridgehead atoms. The van der Waals surface area contributed by atoms with Crippen LogP contribution in [0.3, 0.4) is 0 Å². The largest absolute Gasteiger partial charge is 0.619 e. The van der Waals surface area contributed by atoms with Gasteiger partial charge >= 0.3 is 0 Å². The van der Waals surface area contributed by atoms with E-state index in [1.807, 2.05) is 0 Å². The van der Waals surface area contributed by atoms with Crippen LogP contribution < -0.4 is 26.8 Å². The predicted octanol–water partition coefficient (Wildman–Crippen LogP) is 0.617. The summed E-state index contributed by atoms with van der Waals surface area (Å²) in [6, 6.07) is 4.95. The van der Waals surface area contributed by atoms with E-state index in [9.17, 15) is 14.8 Å². The summed E-state index contributed by atoms with van der Waals surface area (Å²) < 4.78 is 0.528. The molecule has 0 spiro atoms. The zero-order valence-electron chi connectivity index (χ0n) is 15.0. The zero-order chi connectivity index (χ0) is 19.4. The molecule has 0 fully saturated rings. The lowest BCUT2D eigenvalue weighted by molar-refractivity contribution is -0.605. The number of anilines is 2. The molecule has 1 aromatic carbocycles. The second-order valence-corrected chi connectivity index (χ2v) is 6.34. The van der Waals surface area contributed by atoms with E-state index in [-0.39, 0.29) is 28.3 Å². The van der Waals surface area contributed by atoms with Gasteiger partial charge < -0.3 is 27.3 Å². The van der Waals surface area contributed by atoms with E-state index < -0.39 is 0 Å². The van der Waals surface area contributed by atoms with E-state index >= 15 is 0 Å². The number of nitrogens with one attached hydrogen (secondary N) is 2. The summed E-state index contributed by atoms with van der Waals surface area (Å²) >= 11 is 0. The maximum Gasteiger partial charge on any atom is 0.202 e. The second-order valence-electron chi connectivity index (χ2n) is 6.34. The number of hydrogen-bond donors (Lipinski definition) is 4. The second kappa shape index (κ2) is 8.15. The standard InChI is InChI=1S/C19H23N5O3/c20-6-1-8-22-14-3-4-15(23-9-2-7-21)17-16(14)18(25)12-5-10-24(27)11-13(12)19(17)26/h3-5,10-11,22-23H,1-2,6-9,20-21H2. The molecule has 27 heavy (non-hydrogen) atoms. The van der Waals surface area contributed by atoms with E-state index in [1.54, 1.807) is 12.1 Å². The lowest BCUT2D eigenvalue weighted by atomic mass is 9.83. The molecule has 0 saturated heterocycles. The molecule has 0 unspecified atom stereocenters. The van der Waals surface area contributed by atoms with Crippen molar-refractivity contribution < 1.29 is 14.3 Å². The monoisotopic (exact) mass is 369 g/mol. The summed E-state index contributed by atoms with van der Waals surface area (Å²) in [5.41, 5.74) is 13.2. The molecular weight excluding hydrogens is 346 g/mol. The molecule has 6 N–H and O–H groups in total. The smallest absolute Gasteiger partial charge is 0.202 e. The molecule has 1 aliphatic carbocycles. The molecule has 0 atom stereocenters. The van der Waals surface area contributed by atoms with Crippen LogP contribution in [-0.4, -0.2) is 37.7 Å². The number of rotatable bonds is 8. The Morgan fingerprint density at radius 2 is 1.37 bits per heavy atom. The number of fused-ring (bicyclic) bond motifs is 2. The number of benzene rings is 1. The third-order valence-electron chi connectivity index (χ3n) is 4.48. The number of pyridine rings is 1. The van der Waals surface area contributed by atoms with Crippen LogP contribution in [0.25, 0.3) is 0 Å². The van der Waals surface area contributed by atoms with Crippen LogP contribution in [0.4, 0.5) is 11.4 Å². The number of nitrogens with two attached hydrogens (primary N) is 2. The average molecular weight is 369 g/mol. The van der Waals surface area contributed by atoms with Gasteiger partial charge in [0.25, 0.3) is 0 Å². The fourth-order valence-electron chi connectivity index (χ4n) is 3.15. The van der Waals surface area contributed by atoms with E-state index in [0.717, 1.165) is 19.0 Å². The third-order valence-corrected chi connectivity index (χ3v) is 4.48. The fraction of sp³-hybridized carbons (Fsp3) is 0.316. The number of hydrogen-bond acceptors (Lipinski definition) is 7. The zero-order valence-corrected chi connectivity index (χ0v) is 15.0. The Labute approximate surface area is 157 Å². The molecule has 142 valence electrons. The van der Waals surface area contributed by atoms with Gasteiger partial charge in [0, 0.05) is 36.1 Å². The van der Waals surface area contributed by atoms with Crippen LogP contribution in [0.5, 0.6) is 0 Å². The Morgan fingerprint density at radius 1 is 0.852 bits per heavy atom. The van der Waals surface area contributed by atoms with Gasteiger partial charge in [-0.05, 0) is 38.1 Å². The minimum Gasteiger partial charge on any atom is -0.619 e. The Kier molecular flexibility index (Phi) is 5.68. The summed E-state index contributed by atoms with van der Waals surface area (Å²) in [6.45, 7) is 2.20. The number of carbonyl (C=O) groups excluding carboxylic acids is 2. The molecule has 1 aliphatic rings. The SMILES string of the molecule is NCCCNc1ccc(NCCCN)c2c1C(=O)c1cc[n+]([O-])cc1C2=O. The van der Waals surface area contributed by atoms with Crippen molar-refractivity contribution in [1.82, 2.24) is 0 Å². The predicted molar refractivity (Wildman–Crippen MR) is 103 cm³/mol. The molecule has 0 saturated carbocycles. The van der Waals surface area contributed by atoms with Gasteiger partial charge in [-0.3, -0.25) is 9.59 Å². The highest BCUT2D eigenvalue weighted by Crippen LogP contribution is 2.36. The van der Waals surface area contributed by atoms with Crippen molar-refractivity contribution in [3.63, 3.8) is 0 Å². The highest BCUT2D eigenvalue weighted by molar-refractivity contribution is 6.31. The highest BCUT2D eigenvalue weighted by Gasteiger charge is 2.35. The summed E-state index contributed by atoms with van der Waals surface area (Å²) in [7, 11) is 0. The molecule has 2 aromatic rings. The summed E-state index contributed by atoms with van der Waals surface area (Å²) in [4.78, 5) is 26.2. The Hall–Kier alpha value is -2.97. The van der Waals surface area contributed by atoms with Gasteiger partial charge in [-0.2, -0.15) is 4.73 Å². The molecule has 1 heterocycles. The van der Waals surface area contributed by atoms with Crippen LogP contribution in [0.2, 0.25) is 0 Å². The Balaban J connectivity index is 2.10. The number of nitrogens with zero attached hydrogens (tertiary/aromatic N) is 1. The maximum atomic E-state index is 13.1. The van der Waals surface area contributed by atoms with Crippen molar-refractivity contribution in [2.45, 2.75) is 12.8 Å². The van der Waals surface area contributed by atoms with Crippen LogP contribution in [0.15, 0.2) is 30.6 Å². The van der Waals surface area contributed by atoms with Crippen molar-refractivity contribution in [3.8, 4) is 0 Å². The van der Waals surface area contributed by atoms with E-state index in [4.69, 9.17) is 11.5 Å². The summed E-state index contributed by atoms with van der Waals surface area (Å²) in [5, 5.41) is 18.0. The first-order valence-electron chi connectivity index (χ1n) is 8.95. The molecule has 3 rings (SSSR count). The first-order valence-corrected chi connectivity index (χ1v) is 8.95. The lowest BCUT2D eigenvalue weighted by Crippen LogP contribution is -2.32. The van der Waals surface area contributed by atoms with E-state index in [1.165, 1.54) is 12.3 Å². The molecule has 8 heteroatoms. The van der Waals surface area contributed by atoms with Crippen molar-refractivity contribution in [1.29, 1.82) is 0 Å². The number of ketones is 2. The highest BCUT2D eigenvalue weighted by atomic mass is 16.5. The minimum atomic E-state index is -0.345. The number of aromatic nitrogens is 1. The molecule has 8 nitrogen and oxygen atoms in total. The molecular formula is C19H23N5O3. The van der Waals surface area contributed by atoms with Gasteiger partial charge in [0.2, 0.25) is 5.78 Å². The molecule has 0 radical (unpaired) electrons. The Bertz CT molecular complexity index is 882. The topological polar surface area (TPSA) is 137 Å². The van der Waals surface area contributed by atoms with Gasteiger partial charge in [0.15, 0.2) is 18.2 Å². The van der Waals surface area contributed by atoms with Crippen LogP contribution >= 0.6 is 0 Å². The first-order chi connectivity index (χ1) is 13.1. The third kappa shape index (κ3) is 3.62. The van der Waals surface area contributed by atoms with Gasteiger partial charge in [0.1, 0.15) is 0 Å². The molecule has 0 aliphatic heterocycles. The van der Waals surface area contributed by atoms with Crippen LogP contribution in [0.1, 0.15) is 44.7 Å². The molecule has 0 amide bonds. The maximum absolute atomic E-state index is 13.1. The quantitative estimate of drug-likeness (QED) is 0.259. The van der Waals surface area contributed by atoms with Gasteiger partial charge in [-0.25, -0.2) is 0 Å². The van der Waals surface area contributed by atoms with E-state index in [2.05, 4.69) is 10.6 Å². The minimum absolute atomic E-state index is 0.117. The Morgan fingerprint density at radius 3 is 1.89 bits per heavy atom. The van der Waals surface area contributed by atoms with Crippen LogP contribution in [-0.2, 0) is 0 Å². The van der Waals surface area contributed by atoms with Crippen molar-refractivity contribution in [2.75, 3.05) is 36.8 Å².